The molecule has 4 nitrogen and oxygen atoms in total. The van der Waals surface area contributed by atoms with E-state index in [-0.39, 0.29) is 5.58 Å². The van der Waals surface area contributed by atoms with Crippen LogP contribution in [0.15, 0.2) is 39.5 Å². The van der Waals surface area contributed by atoms with Gasteiger partial charge >= 0.3 is 5.56 Å². The smallest absolute Gasteiger partial charge is 0.326 e. The van der Waals surface area contributed by atoms with Gasteiger partial charge in [-0.05, 0) is 19.1 Å². The summed E-state index contributed by atoms with van der Waals surface area (Å²) in [5, 5.41) is 11.3. The first-order valence-electron chi connectivity index (χ1n) is 4.91. The second-order valence-electron chi connectivity index (χ2n) is 3.73. The molecule has 4 heteroatoms. The number of aryl methyl sites for hydroxylation is 1. The molecule has 3 aromatic rings. The van der Waals surface area contributed by atoms with Crippen LogP contribution in [0.5, 0.6) is 0 Å². The van der Waals surface area contributed by atoms with Gasteiger partial charge in [0, 0.05) is 10.8 Å². The lowest BCUT2D eigenvalue weighted by molar-refractivity contribution is 0.189. The van der Waals surface area contributed by atoms with Crippen LogP contribution in [0.25, 0.3) is 21.9 Å². The highest BCUT2D eigenvalue weighted by atomic mass is 16.5. The Balaban J connectivity index is 2.73. The van der Waals surface area contributed by atoms with Crippen molar-refractivity contribution in [3.8, 4) is 0 Å². The fraction of sp³-hybridized carbons (Fsp3) is 0.0833. The van der Waals surface area contributed by atoms with E-state index in [9.17, 15) is 10.0 Å². The molecule has 0 aliphatic heterocycles. The summed E-state index contributed by atoms with van der Waals surface area (Å²) < 4.78 is 5.92. The van der Waals surface area contributed by atoms with Gasteiger partial charge in [0.25, 0.3) is 0 Å². The number of furan rings is 1. The maximum Gasteiger partial charge on any atom is 0.326 e. The molecular weight excluding hydrogens is 206 g/mol. The topological polar surface area (TPSA) is 55.4 Å². The SMILES string of the molecule is Cc1cc2c(o1)c(=O)n(O)c1ccccc21. The maximum absolute atomic E-state index is 11.8. The van der Waals surface area contributed by atoms with Crippen molar-refractivity contribution >= 4 is 21.9 Å². The van der Waals surface area contributed by atoms with Gasteiger partial charge in [-0.3, -0.25) is 4.79 Å². The standard InChI is InChI=1S/C12H9NO3/c1-7-6-9-8-4-2-3-5-10(8)13(15)12(14)11(9)16-7/h2-6,15H,1H3. The Kier molecular flexibility index (Phi) is 1.63. The van der Waals surface area contributed by atoms with Gasteiger partial charge in [0.15, 0.2) is 0 Å². The molecule has 0 amide bonds. The molecule has 0 saturated heterocycles. The van der Waals surface area contributed by atoms with E-state index < -0.39 is 5.56 Å². The van der Waals surface area contributed by atoms with Crippen molar-refractivity contribution in [1.29, 1.82) is 0 Å². The number of para-hydroxylation sites is 1. The molecule has 0 radical (unpaired) electrons. The summed E-state index contributed by atoms with van der Waals surface area (Å²) in [7, 11) is 0. The number of fused-ring (bicyclic) bond motifs is 3. The number of benzene rings is 1. The third-order valence-electron chi connectivity index (χ3n) is 2.66. The van der Waals surface area contributed by atoms with Crippen molar-refractivity contribution in [1.82, 2.24) is 4.73 Å². The number of hydrogen-bond acceptors (Lipinski definition) is 3. The summed E-state index contributed by atoms with van der Waals surface area (Å²) in [6, 6.07) is 8.97. The summed E-state index contributed by atoms with van der Waals surface area (Å²) in [4.78, 5) is 11.8. The Morgan fingerprint density at radius 3 is 2.81 bits per heavy atom. The Labute approximate surface area is 90.3 Å². The molecule has 16 heavy (non-hydrogen) atoms. The summed E-state index contributed by atoms with van der Waals surface area (Å²) in [5.41, 5.74) is 0.154. The molecule has 1 aromatic carbocycles. The molecular formula is C12H9NO3. The number of hydrogen-bond donors (Lipinski definition) is 1. The highest BCUT2D eigenvalue weighted by Gasteiger charge is 2.13. The van der Waals surface area contributed by atoms with Gasteiger partial charge in [-0.15, -0.1) is 4.73 Å². The normalized spacial score (nSPS) is 11.3. The molecule has 80 valence electrons. The Morgan fingerprint density at radius 1 is 1.25 bits per heavy atom. The fourth-order valence-corrected chi connectivity index (χ4v) is 1.96. The van der Waals surface area contributed by atoms with Crippen LogP contribution >= 0.6 is 0 Å². The van der Waals surface area contributed by atoms with Crippen molar-refractivity contribution in [2.75, 3.05) is 0 Å². The van der Waals surface area contributed by atoms with E-state index in [1.165, 1.54) is 0 Å². The van der Waals surface area contributed by atoms with Crippen LogP contribution in [0, 0.1) is 6.92 Å². The number of aromatic nitrogens is 1. The van der Waals surface area contributed by atoms with Crippen molar-refractivity contribution in [2.45, 2.75) is 6.92 Å². The summed E-state index contributed by atoms with van der Waals surface area (Å²) in [5.74, 6) is 0.656. The third kappa shape index (κ3) is 1.01. The van der Waals surface area contributed by atoms with E-state index in [1.807, 2.05) is 12.1 Å². The van der Waals surface area contributed by atoms with Gasteiger partial charge in [0.1, 0.15) is 5.76 Å². The lowest BCUT2D eigenvalue weighted by Gasteiger charge is -2.02. The molecule has 0 spiro atoms. The van der Waals surface area contributed by atoms with Gasteiger partial charge in [0.2, 0.25) is 5.58 Å². The molecule has 0 atom stereocenters. The van der Waals surface area contributed by atoms with Crippen LogP contribution < -0.4 is 5.56 Å². The Bertz CT molecular complexity index is 752. The minimum absolute atomic E-state index is 0.193. The first-order valence-corrected chi connectivity index (χ1v) is 4.91. The second kappa shape index (κ2) is 2.88. The first kappa shape index (κ1) is 9.03. The van der Waals surface area contributed by atoms with Crippen LogP contribution in [0.3, 0.4) is 0 Å². The van der Waals surface area contributed by atoms with Crippen LogP contribution in [-0.2, 0) is 0 Å². The number of rotatable bonds is 0. The van der Waals surface area contributed by atoms with Gasteiger partial charge in [-0.2, -0.15) is 0 Å². The van der Waals surface area contributed by atoms with E-state index >= 15 is 0 Å². The van der Waals surface area contributed by atoms with E-state index in [4.69, 9.17) is 4.42 Å². The third-order valence-corrected chi connectivity index (χ3v) is 2.66. The summed E-state index contributed by atoms with van der Waals surface area (Å²) in [6.07, 6.45) is 0. The van der Waals surface area contributed by atoms with E-state index in [1.54, 1.807) is 25.1 Å². The fourth-order valence-electron chi connectivity index (χ4n) is 1.96. The van der Waals surface area contributed by atoms with Crippen LogP contribution in [0.1, 0.15) is 5.76 Å². The molecule has 2 aromatic heterocycles. The van der Waals surface area contributed by atoms with Gasteiger partial charge in [-0.25, -0.2) is 0 Å². The monoisotopic (exact) mass is 215 g/mol. The average Bonchev–Trinajstić information content (AvgIpc) is 2.68. The van der Waals surface area contributed by atoms with Crippen molar-refractivity contribution in [3.63, 3.8) is 0 Å². The average molecular weight is 215 g/mol. The Hall–Kier alpha value is -2.23. The minimum Gasteiger partial charge on any atom is -0.455 e. The quantitative estimate of drug-likeness (QED) is 0.585. The van der Waals surface area contributed by atoms with Gasteiger partial charge < -0.3 is 9.62 Å². The molecule has 0 saturated carbocycles. The van der Waals surface area contributed by atoms with Gasteiger partial charge in [0.05, 0.1) is 5.52 Å². The van der Waals surface area contributed by atoms with Crippen molar-refractivity contribution < 1.29 is 9.62 Å². The molecule has 0 aliphatic rings. The number of pyridine rings is 1. The van der Waals surface area contributed by atoms with Crippen molar-refractivity contribution in [3.05, 3.63) is 46.4 Å². The van der Waals surface area contributed by atoms with Crippen LogP contribution in [0.4, 0.5) is 0 Å². The largest absolute Gasteiger partial charge is 0.455 e. The Morgan fingerprint density at radius 2 is 2.00 bits per heavy atom. The van der Waals surface area contributed by atoms with Gasteiger partial charge in [-0.1, -0.05) is 18.2 Å². The zero-order valence-electron chi connectivity index (χ0n) is 8.60. The molecule has 0 bridgehead atoms. The predicted molar refractivity (Wildman–Crippen MR) is 59.9 cm³/mol. The number of nitrogens with zero attached hydrogens (tertiary/aromatic N) is 1. The molecule has 3 rings (SSSR count). The van der Waals surface area contributed by atoms with Crippen LogP contribution in [0.2, 0.25) is 0 Å². The van der Waals surface area contributed by atoms with E-state index in [2.05, 4.69) is 0 Å². The molecule has 0 fully saturated rings. The van der Waals surface area contributed by atoms with E-state index in [0.29, 0.717) is 16.0 Å². The maximum atomic E-state index is 11.8. The lowest BCUT2D eigenvalue weighted by atomic mass is 10.1. The van der Waals surface area contributed by atoms with Crippen molar-refractivity contribution in [2.24, 2.45) is 0 Å². The van der Waals surface area contributed by atoms with Crippen LogP contribution in [-0.4, -0.2) is 9.94 Å². The highest BCUT2D eigenvalue weighted by Crippen LogP contribution is 2.24. The zero-order valence-corrected chi connectivity index (χ0v) is 8.60. The molecule has 2 heterocycles. The summed E-state index contributed by atoms with van der Waals surface area (Å²) >= 11 is 0. The van der Waals surface area contributed by atoms with E-state index in [0.717, 1.165) is 10.8 Å². The minimum atomic E-state index is -0.526. The lowest BCUT2D eigenvalue weighted by Crippen LogP contribution is -2.17. The molecule has 1 N–H and O–H groups in total. The highest BCUT2D eigenvalue weighted by molar-refractivity contribution is 6.03. The first-order chi connectivity index (χ1) is 7.68. The zero-order chi connectivity index (χ0) is 11.3. The molecule has 0 aliphatic carbocycles. The summed E-state index contributed by atoms with van der Waals surface area (Å²) in [6.45, 7) is 1.77. The predicted octanol–water partition coefficient (Wildman–Crippen LogP) is 2.29. The molecule has 0 unspecified atom stereocenters. The second-order valence-corrected chi connectivity index (χ2v) is 3.73.